The van der Waals surface area contributed by atoms with Crippen molar-refractivity contribution in [1.29, 1.82) is 0 Å². The van der Waals surface area contributed by atoms with E-state index in [0.29, 0.717) is 16.8 Å². The van der Waals surface area contributed by atoms with Gasteiger partial charge in [0.25, 0.3) is 0 Å². The van der Waals surface area contributed by atoms with Gasteiger partial charge in [-0.25, -0.2) is 12.7 Å². The van der Waals surface area contributed by atoms with Crippen LogP contribution in [0.2, 0.25) is 0 Å². The van der Waals surface area contributed by atoms with E-state index < -0.39 is 10.0 Å². The van der Waals surface area contributed by atoms with Gasteiger partial charge >= 0.3 is 0 Å². The van der Waals surface area contributed by atoms with Crippen molar-refractivity contribution < 1.29 is 8.42 Å². The van der Waals surface area contributed by atoms with E-state index in [1.165, 1.54) is 29.9 Å². The Morgan fingerprint density at radius 3 is 2.55 bits per heavy atom. The Kier molecular flexibility index (Phi) is 4.27. The minimum Gasteiger partial charge on any atom is -0.382 e. The molecule has 2 heterocycles. The Hall–Kier alpha value is -0.860. The van der Waals surface area contributed by atoms with Crippen LogP contribution in [0.4, 0.5) is 10.8 Å². The van der Waals surface area contributed by atoms with Crippen molar-refractivity contribution >= 4 is 32.4 Å². The number of nitrogens with two attached hydrogens (primary N) is 1. The average molecular weight is 318 g/mol. The van der Waals surface area contributed by atoms with E-state index in [1.807, 2.05) is 0 Å². The third-order valence-electron chi connectivity index (χ3n) is 4.02. The molecule has 0 amide bonds. The smallest absolute Gasteiger partial charge is 0.249 e. The number of sulfonamides is 1. The minimum absolute atomic E-state index is 0.102. The monoisotopic (exact) mass is 318 g/mol. The van der Waals surface area contributed by atoms with Crippen LogP contribution >= 0.6 is 11.5 Å². The van der Waals surface area contributed by atoms with Crippen molar-refractivity contribution in [3.8, 4) is 0 Å². The van der Waals surface area contributed by atoms with Gasteiger partial charge in [-0.3, -0.25) is 0 Å². The summed E-state index contributed by atoms with van der Waals surface area (Å²) >= 11 is 1.18. The first-order chi connectivity index (χ1) is 9.25. The Morgan fingerprint density at radius 2 is 2.00 bits per heavy atom. The molecule has 0 saturated carbocycles. The number of rotatable bonds is 3. The zero-order valence-electron chi connectivity index (χ0n) is 12.3. The molecular formula is C12H22N4O2S2. The van der Waals surface area contributed by atoms with Crippen LogP contribution in [0.15, 0.2) is 4.90 Å². The maximum absolute atomic E-state index is 12.4. The molecule has 6 nitrogen and oxygen atoms in total. The van der Waals surface area contributed by atoms with Crippen LogP contribution in [0.25, 0.3) is 0 Å². The van der Waals surface area contributed by atoms with Crippen molar-refractivity contribution in [2.45, 2.75) is 25.2 Å². The van der Waals surface area contributed by atoms with Gasteiger partial charge in [-0.05, 0) is 29.8 Å². The van der Waals surface area contributed by atoms with E-state index in [4.69, 9.17) is 5.73 Å². The Labute approximate surface area is 124 Å². The molecule has 20 heavy (non-hydrogen) atoms. The summed E-state index contributed by atoms with van der Waals surface area (Å²) in [6, 6.07) is 0. The van der Waals surface area contributed by atoms with Crippen LogP contribution in [0, 0.1) is 11.8 Å². The highest BCUT2D eigenvalue weighted by molar-refractivity contribution is 7.89. The summed E-state index contributed by atoms with van der Waals surface area (Å²) in [6.07, 6.45) is 1.06. The molecule has 1 aromatic rings. The second kappa shape index (κ2) is 5.50. The molecule has 2 rings (SSSR count). The average Bonchev–Trinajstić information content (AvgIpc) is 2.75. The molecule has 8 heteroatoms. The van der Waals surface area contributed by atoms with Crippen LogP contribution < -0.4 is 10.6 Å². The quantitative estimate of drug-likeness (QED) is 0.912. The number of hydrogen-bond donors (Lipinski definition) is 1. The summed E-state index contributed by atoms with van der Waals surface area (Å²) in [5.41, 5.74) is 5.80. The number of piperidine rings is 1. The lowest BCUT2D eigenvalue weighted by molar-refractivity contribution is 0.324. The number of hydrogen-bond acceptors (Lipinski definition) is 6. The van der Waals surface area contributed by atoms with Crippen molar-refractivity contribution in [2.75, 3.05) is 37.8 Å². The highest BCUT2D eigenvalue weighted by Gasteiger charge is 2.33. The molecule has 1 aliphatic heterocycles. The first-order valence-corrected chi connectivity index (χ1v) is 8.89. The highest BCUT2D eigenvalue weighted by Crippen LogP contribution is 2.38. The zero-order chi connectivity index (χ0) is 15.1. The van der Waals surface area contributed by atoms with E-state index in [1.54, 1.807) is 0 Å². The molecular weight excluding hydrogens is 296 g/mol. The molecule has 114 valence electrons. The zero-order valence-corrected chi connectivity index (χ0v) is 14.0. The fourth-order valence-electron chi connectivity index (χ4n) is 2.36. The summed E-state index contributed by atoms with van der Waals surface area (Å²) < 4.78 is 30.1. The number of anilines is 2. The van der Waals surface area contributed by atoms with Crippen LogP contribution in [-0.4, -0.2) is 44.3 Å². The maximum atomic E-state index is 12.4. The summed E-state index contributed by atoms with van der Waals surface area (Å²) in [4.78, 5) is 2.27. The highest BCUT2D eigenvalue weighted by atomic mass is 32.2. The van der Waals surface area contributed by atoms with Gasteiger partial charge in [0, 0.05) is 27.2 Å². The molecule has 2 unspecified atom stereocenters. The predicted octanol–water partition coefficient (Wildman–Crippen LogP) is 1.46. The molecule has 1 saturated heterocycles. The summed E-state index contributed by atoms with van der Waals surface area (Å²) in [6.45, 7) is 6.13. The predicted molar refractivity (Wildman–Crippen MR) is 82.6 cm³/mol. The Bertz CT molecular complexity index is 582. The van der Waals surface area contributed by atoms with E-state index >= 15 is 0 Å². The van der Waals surface area contributed by atoms with Crippen LogP contribution in [0.3, 0.4) is 0 Å². The summed E-state index contributed by atoms with van der Waals surface area (Å²) in [5.74, 6) is 1.29. The molecule has 1 aliphatic rings. The number of nitrogen functional groups attached to an aromatic ring is 1. The molecule has 0 aromatic carbocycles. The molecule has 0 bridgehead atoms. The van der Waals surface area contributed by atoms with E-state index in [2.05, 4.69) is 23.1 Å². The molecule has 2 atom stereocenters. The third kappa shape index (κ3) is 2.64. The lowest BCUT2D eigenvalue weighted by Crippen LogP contribution is -2.39. The molecule has 0 radical (unpaired) electrons. The Balaban J connectivity index is 2.40. The largest absolute Gasteiger partial charge is 0.382 e. The van der Waals surface area contributed by atoms with Crippen molar-refractivity contribution in [1.82, 2.24) is 8.68 Å². The molecule has 2 N–H and O–H groups in total. The van der Waals surface area contributed by atoms with Crippen LogP contribution in [0.5, 0.6) is 0 Å². The van der Waals surface area contributed by atoms with Crippen molar-refractivity contribution in [2.24, 2.45) is 11.8 Å². The van der Waals surface area contributed by atoms with Gasteiger partial charge in [-0.1, -0.05) is 13.8 Å². The van der Waals surface area contributed by atoms with Crippen molar-refractivity contribution in [3.63, 3.8) is 0 Å². The molecule has 1 fully saturated rings. The van der Waals surface area contributed by atoms with Gasteiger partial charge in [0.1, 0.15) is 5.00 Å². The number of nitrogens with zero attached hydrogens (tertiary/aromatic N) is 3. The molecule has 1 aromatic heterocycles. The van der Waals surface area contributed by atoms with Gasteiger partial charge in [0.2, 0.25) is 10.0 Å². The van der Waals surface area contributed by atoms with Gasteiger partial charge in [-0.15, -0.1) is 0 Å². The van der Waals surface area contributed by atoms with Crippen LogP contribution in [-0.2, 0) is 10.0 Å². The normalized spacial score (nSPS) is 24.4. The second-order valence-electron chi connectivity index (χ2n) is 5.68. The van der Waals surface area contributed by atoms with Gasteiger partial charge < -0.3 is 10.6 Å². The van der Waals surface area contributed by atoms with Crippen molar-refractivity contribution in [3.05, 3.63) is 0 Å². The topological polar surface area (TPSA) is 79.5 Å². The fraction of sp³-hybridized carbons (Fsp3) is 0.750. The number of aromatic nitrogens is 1. The SMILES string of the molecule is CC1CCN(c2snc(N)c2S(=O)(=O)N(C)C)CC1C. The fourth-order valence-corrected chi connectivity index (χ4v) is 4.61. The maximum Gasteiger partial charge on any atom is 0.249 e. The summed E-state index contributed by atoms with van der Waals surface area (Å²) in [7, 11) is -0.539. The summed E-state index contributed by atoms with van der Waals surface area (Å²) in [5, 5.41) is 0.676. The first-order valence-electron chi connectivity index (χ1n) is 6.67. The lowest BCUT2D eigenvalue weighted by Gasteiger charge is -2.36. The van der Waals surface area contributed by atoms with E-state index in [9.17, 15) is 8.42 Å². The van der Waals surface area contributed by atoms with Gasteiger partial charge in [0.15, 0.2) is 10.7 Å². The first kappa shape index (κ1) is 15.5. The van der Waals surface area contributed by atoms with E-state index in [0.717, 1.165) is 19.5 Å². The van der Waals surface area contributed by atoms with E-state index in [-0.39, 0.29) is 10.7 Å². The van der Waals surface area contributed by atoms with Gasteiger partial charge in [0.05, 0.1) is 0 Å². The Morgan fingerprint density at radius 1 is 1.35 bits per heavy atom. The molecule has 0 aliphatic carbocycles. The third-order valence-corrected chi connectivity index (χ3v) is 6.95. The van der Waals surface area contributed by atoms with Gasteiger partial charge in [-0.2, -0.15) is 4.37 Å². The standard InChI is InChI=1S/C12H22N4O2S2/c1-8-5-6-16(7-9(8)2)12-10(11(13)14-19-12)20(17,18)15(3)4/h8-9H,5-7H2,1-4H3,(H2,13,14). The lowest BCUT2D eigenvalue weighted by atomic mass is 9.89. The van der Waals surface area contributed by atoms with Crippen LogP contribution in [0.1, 0.15) is 20.3 Å². The minimum atomic E-state index is -3.56. The second-order valence-corrected chi connectivity index (χ2v) is 8.52. The molecule has 0 spiro atoms.